The molecule has 1 saturated heterocycles. The number of likely N-dealkylation sites (tertiary alicyclic amines) is 1. The molecule has 0 amide bonds. The van der Waals surface area contributed by atoms with Crippen LogP contribution in [0.3, 0.4) is 0 Å². The Bertz CT molecular complexity index is 463. The fourth-order valence-corrected chi connectivity index (χ4v) is 3.62. The van der Waals surface area contributed by atoms with Crippen LogP contribution in [-0.2, 0) is 0 Å². The number of nitrogens with zero attached hydrogens (tertiary/aromatic N) is 1. The zero-order valence-corrected chi connectivity index (χ0v) is 11.2. The molecule has 1 heterocycles. The van der Waals surface area contributed by atoms with E-state index >= 15 is 0 Å². The number of halogens is 2. The molecule has 2 bridgehead atoms. The van der Waals surface area contributed by atoms with Crippen molar-refractivity contribution < 1.29 is 8.78 Å². The summed E-state index contributed by atoms with van der Waals surface area (Å²) in [5.74, 6) is -0.660. The summed E-state index contributed by atoms with van der Waals surface area (Å²) >= 11 is 0. The summed E-state index contributed by atoms with van der Waals surface area (Å²) in [6, 6.07) is 4.93. The standard InChI is InChI=1S/C15H20F2N2/c1-18-14(12-3-2-4-13(16)15(12)17)9-19-8-10-5-6-11(19)7-10/h2-4,10-11,14,18H,5-9H2,1H3. The molecule has 104 valence electrons. The summed E-state index contributed by atoms with van der Waals surface area (Å²) in [5.41, 5.74) is 0.435. The summed E-state index contributed by atoms with van der Waals surface area (Å²) in [4.78, 5) is 2.43. The van der Waals surface area contributed by atoms with Gasteiger partial charge in [0, 0.05) is 30.7 Å². The minimum atomic E-state index is -0.763. The van der Waals surface area contributed by atoms with Crippen LogP contribution in [0.2, 0.25) is 0 Å². The highest BCUT2D eigenvalue weighted by Crippen LogP contribution is 2.38. The Morgan fingerprint density at radius 3 is 2.84 bits per heavy atom. The van der Waals surface area contributed by atoms with E-state index in [2.05, 4.69) is 10.2 Å². The van der Waals surface area contributed by atoms with Crippen LogP contribution < -0.4 is 5.32 Å². The van der Waals surface area contributed by atoms with Gasteiger partial charge in [-0.15, -0.1) is 0 Å². The van der Waals surface area contributed by atoms with Crippen LogP contribution in [0.25, 0.3) is 0 Å². The van der Waals surface area contributed by atoms with E-state index in [0.717, 1.165) is 19.0 Å². The molecular weight excluding hydrogens is 246 g/mol. The lowest BCUT2D eigenvalue weighted by Gasteiger charge is -2.31. The van der Waals surface area contributed by atoms with Gasteiger partial charge in [-0.3, -0.25) is 4.90 Å². The van der Waals surface area contributed by atoms with E-state index in [-0.39, 0.29) is 6.04 Å². The van der Waals surface area contributed by atoms with Crippen molar-refractivity contribution in [1.29, 1.82) is 0 Å². The van der Waals surface area contributed by atoms with Crippen molar-refractivity contribution in [2.45, 2.75) is 31.3 Å². The molecule has 2 fully saturated rings. The van der Waals surface area contributed by atoms with E-state index in [0.29, 0.717) is 11.6 Å². The Morgan fingerprint density at radius 2 is 2.21 bits per heavy atom. The number of hydrogen-bond donors (Lipinski definition) is 1. The van der Waals surface area contributed by atoms with E-state index in [9.17, 15) is 8.78 Å². The van der Waals surface area contributed by atoms with Gasteiger partial charge < -0.3 is 5.32 Å². The smallest absolute Gasteiger partial charge is 0.163 e. The molecule has 1 aromatic rings. The first-order valence-corrected chi connectivity index (χ1v) is 7.04. The molecule has 0 aromatic heterocycles. The normalized spacial score (nSPS) is 27.9. The van der Waals surface area contributed by atoms with Crippen LogP contribution in [0, 0.1) is 17.6 Å². The predicted molar refractivity (Wildman–Crippen MR) is 70.9 cm³/mol. The van der Waals surface area contributed by atoms with E-state index < -0.39 is 11.6 Å². The maximum atomic E-state index is 13.9. The summed E-state index contributed by atoms with van der Waals surface area (Å²) in [7, 11) is 1.81. The highest BCUT2D eigenvalue weighted by Gasteiger charge is 2.38. The number of hydrogen-bond acceptors (Lipinski definition) is 2. The van der Waals surface area contributed by atoms with Crippen LogP contribution in [0.1, 0.15) is 30.9 Å². The van der Waals surface area contributed by atoms with Crippen molar-refractivity contribution in [1.82, 2.24) is 10.2 Å². The van der Waals surface area contributed by atoms with Crippen molar-refractivity contribution in [3.63, 3.8) is 0 Å². The number of nitrogens with one attached hydrogen (secondary N) is 1. The lowest BCUT2D eigenvalue weighted by Crippen LogP contribution is -2.39. The van der Waals surface area contributed by atoms with E-state index in [1.807, 2.05) is 7.05 Å². The molecule has 1 aliphatic carbocycles. The second-order valence-corrected chi connectivity index (χ2v) is 5.77. The number of likely N-dealkylation sites (N-methyl/N-ethyl adjacent to an activating group) is 1. The Balaban J connectivity index is 1.75. The second kappa shape index (κ2) is 5.17. The Kier molecular flexibility index (Phi) is 3.54. The van der Waals surface area contributed by atoms with Gasteiger partial charge in [-0.25, -0.2) is 8.78 Å². The predicted octanol–water partition coefficient (Wildman–Crippen LogP) is 2.71. The van der Waals surface area contributed by atoms with Gasteiger partial charge in [0.25, 0.3) is 0 Å². The summed E-state index contributed by atoms with van der Waals surface area (Å²) in [6.07, 6.45) is 3.87. The first kappa shape index (κ1) is 13.0. The molecule has 1 saturated carbocycles. The molecular formula is C15H20F2N2. The van der Waals surface area contributed by atoms with Crippen molar-refractivity contribution in [2.24, 2.45) is 5.92 Å². The third-order valence-corrected chi connectivity index (χ3v) is 4.65. The molecule has 19 heavy (non-hydrogen) atoms. The van der Waals surface area contributed by atoms with Gasteiger partial charge >= 0.3 is 0 Å². The second-order valence-electron chi connectivity index (χ2n) is 5.77. The van der Waals surface area contributed by atoms with Gasteiger partial charge in [-0.2, -0.15) is 0 Å². The Hall–Kier alpha value is -1.00. The number of rotatable bonds is 4. The van der Waals surface area contributed by atoms with Gasteiger partial charge in [0.05, 0.1) is 0 Å². The number of fused-ring (bicyclic) bond motifs is 2. The average Bonchev–Trinajstić information content (AvgIpc) is 3.02. The molecule has 3 atom stereocenters. The van der Waals surface area contributed by atoms with E-state index in [4.69, 9.17) is 0 Å². The monoisotopic (exact) mass is 266 g/mol. The molecule has 3 unspecified atom stereocenters. The third kappa shape index (κ3) is 2.39. The van der Waals surface area contributed by atoms with E-state index in [1.165, 1.54) is 25.3 Å². The Morgan fingerprint density at radius 1 is 1.37 bits per heavy atom. The highest BCUT2D eigenvalue weighted by atomic mass is 19.2. The SMILES string of the molecule is CNC(CN1CC2CCC1C2)c1cccc(F)c1F. The number of benzene rings is 1. The molecule has 0 radical (unpaired) electrons. The lowest BCUT2D eigenvalue weighted by molar-refractivity contribution is 0.192. The molecule has 3 rings (SSSR count). The van der Waals surface area contributed by atoms with Crippen LogP contribution >= 0.6 is 0 Å². The number of piperidine rings is 1. The zero-order valence-electron chi connectivity index (χ0n) is 11.2. The zero-order chi connectivity index (χ0) is 13.4. The quantitative estimate of drug-likeness (QED) is 0.901. The largest absolute Gasteiger partial charge is 0.312 e. The van der Waals surface area contributed by atoms with Crippen molar-refractivity contribution in [3.8, 4) is 0 Å². The summed E-state index contributed by atoms with van der Waals surface area (Å²) < 4.78 is 27.2. The third-order valence-electron chi connectivity index (χ3n) is 4.65. The molecule has 2 aliphatic rings. The highest BCUT2D eigenvalue weighted by molar-refractivity contribution is 5.23. The van der Waals surface area contributed by atoms with Crippen LogP contribution in [0.5, 0.6) is 0 Å². The maximum Gasteiger partial charge on any atom is 0.163 e. The fraction of sp³-hybridized carbons (Fsp3) is 0.600. The first-order valence-electron chi connectivity index (χ1n) is 7.04. The molecule has 2 nitrogen and oxygen atoms in total. The molecule has 1 N–H and O–H groups in total. The summed E-state index contributed by atoms with van der Waals surface area (Å²) in [5, 5.41) is 3.12. The van der Waals surface area contributed by atoms with Crippen LogP contribution in [0.15, 0.2) is 18.2 Å². The maximum absolute atomic E-state index is 13.9. The minimum absolute atomic E-state index is 0.143. The van der Waals surface area contributed by atoms with Crippen molar-refractivity contribution in [2.75, 3.05) is 20.1 Å². The van der Waals surface area contributed by atoms with Crippen LogP contribution in [0.4, 0.5) is 8.78 Å². The lowest BCUT2D eigenvalue weighted by atomic mass is 10.0. The van der Waals surface area contributed by atoms with Gasteiger partial charge in [0.2, 0.25) is 0 Å². The van der Waals surface area contributed by atoms with Gasteiger partial charge in [-0.1, -0.05) is 12.1 Å². The van der Waals surface area contributed by atoms with Crippen molar-refractivity contribution in [3.05, 3.63) is 35.4 Å². The van der Waals surface area contributed by atoms with Gasteiger partial charge in [0.1, 0.15) is 0 Å². The van der Waals surface area contributed by atoms with Crippen molar-refractivity contribution >= 4 is 0 Å². The van der Waals surface area contributed by atoms with E-state index in [1.54, 1.807) is 12.1 Å². The molecule has 1 aromatic carbocycles. The first-order chi connectivity index (χ1) is 9.19. The average molecular weight is 266 g/mol. The van der Waals surface area contributed by atoms with Gasteiger partial charge in [0.15, 0.2) is 11.6 Å². The topological polar surface area (TPSA) is 15.3 Å². The molecule has 4 heteroatoms. The molecule has 0 spiro atoms. The summed E-state index contributed by atoms with van der Waals surface area (Å²) in [6.45, 7) is 1.87. The van der Waals surface area contributed by atoms with Crippen LogP contribution in [-0.4, -0.2) is 31.1 Å². The fourth-order valence-electron chi connectivity index (χ4n) is 3.62. The van der Waals surface area contributed by atoms with Gasteiger partial charge in [-0.05, 0) is 38.3 Å². The minimum Gasteiger partial charge on any atom is -0.312 e. The Labute approximate surface area is 112 Å². The molecule has 1 aliphatic heterocycles.